The Kier molecular flexibility index (Phi) is 4.23. The Morgan fingerprint density at radius 1 is 1.29 bits per heavy atom. The summed E-state index contributed by atoms with van der Waals surface area (Å²) in [4.78, 5) is 11.8. The van der Waals surface area contributed by atoms with Gasteiger partial charge in [-0.3, -0.25) is 4.79 Å². The second-order valence-corrected chi connectivity index (χ2v) is 6.67. The van der Waals surface area contributed by atoms with Crippen molar-refractivity contribution in [3.63, 3.8) is 0 Å². The zero-order chi connectivity index (χ0) is 13.3. The Hall–Kier alpha value is -0.570. The maximum Gasteiger partial charge on any atom is 0.308 e. The molecule has 0 aromatic rings. The third-order valence-corrected chi connectivity index (χ3v) is 3.45. The summed E-state index contributed by atoms with van der Waals surface area (Å²) in [5, 5.41) is 3.59. The van der Waals surface area contributed by atoms with Gasteiger partial charge >= 0.3 is 5.97 Å². The molecule has 0 aromatic carbocycles. The van der Waals surface area contributed by atoms with Crippen LogP contribution in [0.3, 0.4) is 0 Å². The van der Waals surface area contributed by atoms with Crippen molar-refractivity contribution in [2.45, 2.75) is 78.0 Å². The Morgan fingerprint density at radius 2 is 1.76 bits per heavy atom. The lowest BCUT2D eigenvalue weighted by atomic mass is 9.81. The van der Waals surface area contributed by atoms with Crippen LogP contribution in [0.1, 0.15) is 60.8 Å². The van der Waals surface area contributed by atoms with Crippen LogP contribution in [-0.4, -0.2) is 23.2 Å². The van der Waals surface area contributed by atoms with E-state index in [2.05, 4.69) is 33.0 Å². The summed E-state index contributed by atoms with van der Waals surface area (Å²) in [6, 6.07) is 0. The molecule has 1 aliphatic rings. The summed E-state index contributed by atoms with van der Waals surface area (Å²) in [5.74, 6) is -0.0397. The van der Waals surface area contributed by atoms with E-state index in [0.717, 1.165) is 19.3 Å². The molecular formula is C14H27NO2. The average molecular weight is 241 g/mol. The van der Waals surface area contributed by atoms with Crippen LogP contribution in [-0.2, 0) is 9.53 Å². The predicted octanol–water partition coefficient (Wildman–Crippen LogP) is 2.88. The molecule has 0 aliphatic carbocycles. The van der Waals surface area contributed by atoms with Crippen molar-refractivity contribution in [3.8, 4) is 0 Å². The van der Waals surface area contributed by atoms with Gasteiger partial charge in [0.15, 0.2) is 0 Å². The third kappa shape index (κ3) is 4.30. The van der Waals surface area contributed by atoms with Gasteiger partial charge in [-0.2, -0.15) is 0 Å². The van der Waals surface area contributed by atoms with Gasteiger partial charge in [0.25, 0.3) is 0 Å². The SMILES string of the molecule is CCC(C)C(=O)OC1CC(C)(C)NC(C)(C)C1. The van der Waals surface area contributed by atoms with Crippen LogP contribution < -0.4 is 5.32 Å². The van der Waals surface area contributed by atoms with E-state index in [4.69, 9.17) is 4.74 Å². The Labute approximate surface area is 105 Å². The number of hydrogen-bond donors (Lipinski definition) is 1. The molecule has 0 radical (unpaired) electrons. The van der Waals surface area contributed by atoms with Crippen LogP contribution in [0.5, 0.6) is 0 Å². The molecule has 1 N–H and O–H groups in total. The first-order valence-corrected chi connectivity index (χ1v) is 6.65. The molecule has 1 fully saturated rings. The van der Waals surface area contributed by atoms with Crippen molar-refractivity contribution in [1.29, 1.82) is 0 Å². The summed E-state index contributed by atoms with van der Waals surface area (Å²) < 4.78 is 5.64. The van der Waals surface area contributed by atoms with E-state index in [1.807, 2.05) is 13.8 Å². The minimum Gasteiger partial charge on any atom is -0.462 e. The molecule has 1 unspecified atom stereocenters. The van der Waals surface area contributed by atoms with Gasteiger partial charge in [0, 0.05) is 23.9 Å². The Morgan fingerprint density at radius 3 is 2.18 bits per heavy atom. The molecular weight excluding hydrogens is 214 g/mol. The average Bonchev–Trinajstić information content (AvgIpc) is 2.11. The highest BCUT2D eigenvalue weighted by atomic mass is 16.5. The molecule has 0 bridgehead atoms. The van der Waals surface area contributed by atoms with Crippen LogP contribution in [0.15, 0.2) is 0 Å². The van der Waals surface area contributed by atoms with E-state index >= 15 is 0 Å². The van der Waals surface area contributed by atoms with E-state index in [0.29, 0.717) is 0 Å². The number of carbonyl (C=O) groups is 1. The second kappa shape index (κ2) is 4.97. The molecule has 1 saturated heterocycles. The van der Waals surface area contributed by atoms with Crippen LogP contribution in [0.4, 0.5) is 0 Å². The van der Waals surface area contributed by atoms with Crippen molar-refractivity contribution in [2.75, 3.05) is 0 Å². The highest BCUT2D eigenvalue weighted by Gasteiger charge is 2.39. The van der Waals surface area contributed by atoms with Crippen LogP contribution in [0.2, 0.25) is 0 Å². The molecule has 3 heteroatoms. The van der Waals surface area contributed by atoms with E-state index in [9.17, 15) is 4.79 Å². The fourth-order valence-electron chi connectivity index (χ4n) is 2.76. The van der Waals surface area contributed by atoms with E-state index in [-0.39, 0.29) is 29.1 Å². The summed E-state index contributed by atoms with van der Waals surface area (Å²) in [6.45, 7) is 12.6. The first kappa shape index (κ1) is 14.5. The van der Waals surface area contributed by atoms with Gasteiger partial charge in [0.2, 0.25) is 0 Å². The number of carbonyl (C=O) groups excluding carboxylic acids is 1. The molecule has 0 aromatic heterocycles. The summed E-state index contributed by atoms with van der Waals surface area (Å²) in [6.07, 6.45) is 2.66. The molecule has 17 heavy (non-hydrogen) atoms. The van der Waals surface area contributed by atoms with Gasteiger partial charge in [0.1, 0.15) is 6.10 Å². The summed E-state index contributed by atoms with van der Waals surface area (Å²) in [7, 11) is 0. The molecule has 1 atom stereocenters. The molecule has 1 heterocycles. The third-order valence-electron chi connectivity index (χ3n) is 3.45. The fourth-order valence-corrected chi connectivity index (χ4v) is 2.76. The van der Waals surface area contributed by atoms with Gasteiger partial charge in [-0.1, -0.05) is 13.8 Å². The Bertz CT molecular complexity index is 268. The maximum absolute atomic E-state index is 11.8. The van der Waals surface area contributed by atoms with Crippen molar-refractivity contribution < 1.29 is 9.53 Å². The summed E-state index contributed by atoms with van der Waals surface area (Å²) in [5.41, 5.74) is 0.0598. The van der Waals surface area contributed by atoms with Crippen molar-refractivity contribution in [2.24, 2.45) is 5.92 Å². The topological polar surface area (TPSA) is 38.3 Å². The number of rotatable bonds is 3. The van der Waals surface area contributed by atoms with Gasteiger partial charge in [-0.15, -0.1) is 0 Å². The van der Waals surface area contributed by atoms with Gasteiger partial charge < -0.3 is 10.1 Å². The fraction of sp³-hybridized carbons (Fsp3) is 0.929. The lowest BCUT2D eigenvalue weighted by molar-refractivity contribution is -0.157. The highest BCUT2D eigenvalue weighted by molar-refractivity contribution is 5.72. The van der Waals surface area contributed by atoms with Crippen molar-refractivity contribution >= 4 is 5.97 Å². The highest BCUT2D eigenvalue weighted by Crippen LogP contribution is 2.30. The van der Waals surface area contributed by atoms with Gasteiger partial charge in [-0.05, 0) is 34.1 Å². The lowest BCUT2D eigenvalue weighted by Crippen LogP contribution is -2.59. The van der Waals surface area contributed by atoms with E-state index < -0.39 is 0 Å². The van der Waals surface area contributed by atoms with Crippen molar-refractivity contribution in [3.05, 3.63) is 0 Å². The quantitative estimate of drug-likeness (QED) is 0.772. The molecule has 100 valence electrons. The van der Waals surface area contributed by atoms with Gasteiger partial charge in [-0.25, -0.2) is 0 Å². The zero-order valence-corrected chi connectivity index (χ0v) is 12.1. The monoisotopic (exact) mass is 241 g/mol. The number of hydrogen-bond acceptors (Lipinski definition) is 3. The normalized spacial score (nSPS) is 25.3. The van der Waals surface area contributed by atoms with E-state index in [1.165, 1.54) is 0 Å². The molecule has 3 nitrogen and oxygen atoms in total. The van der Waals surface area contributed by atoms with Crippen LogP contribution in [0, 0.1) is 5.92 Å². The van der Waals surface area contributed by atoms with E-state index in [1.54, 1.807) is 0 Å². The molecule has 0 spiro atoms. The number of piperidine rings is 1. The smallest absolute Gasteiger partial charge is 0.308 e. The lowest BCUT2D eigenvalue weighted by Gasteiger charge is -2.46. The first-order valence-electron chi connectivity index (χ1n) is 6.65. The minimum absolute atomic E-state index is 0.0103. The van der Waals surface area contributed by atoms with Crippen molar-refractivity contribution in [1.82, 2.24) is 5.32 Å². The summed E-state index contributed by atoms with van der Waals surface area (Å²) >= 11 is 0. The first-order chi connectivity index (χ1) is 7.65. The second-order valence-electron chi connectivity index (χ2n) is 6.67. The number of ether oxygens (including phenoxy) is 1. The minimum atomic E-state index is -0.0500. The molecule has 0 amide bonds. The Balaban J connectivity index is 2.63. The largest absolute Gasteiger partial charge is 0.462 e. The maximum atomic E-state index is 11.8. The molecule has 1 rings (SSSR count). The van der Waals surface area contributed by atoms with Crippen LogP contribution >= 0.6 is 0 Å². The van der Waals surface area contributed by atoms with Crippen LogP contribution in [0.25, 0.3) is 0 Å². The molecule has 1 aliphatic heterocycles. The molecule has 0 saturated carbocycles. The zero-order valence-electron chi connectivity index (χ0n) is 12.1. The van der Waals surface area contributed by atoms with Gasteiger partial charge in [0.05, 0.1) is 5.92 Å². The standard InChI is InChI=1S/C14H27NO2/c1-7-10(2)12(16)17-11-8-13(3,4)15-14(5,6)9-11/h10-11,15H,7-9H2,1-6H3. The predicted molar refractivity (Wildman–Crippen MR) is 69.9 cm³/mol. The number of nitrogens with one attached hydrogen (secondary N) is 1. The number of esters is 1.